The number of rotatable bonds is 6. The van der Waals surface area contributed by atoms with E-state index in [0.717, 1.165) is 82.7 Å². The molecule has 13 rings (SSSR count). The molecular weight excluding hydrogens is 771 g/mol. The van der Waals surface area contributed by atoms with Crippen LogP contribution in [0.1, 0.15) is 0 Å². The molecule has 0 spiro atoms. The monoisotopic (exact) mass is 805 g/mol. The lowest BCUT2D eigenvalue weighted by atomic mass is 10.0. The van der Waals surface area contributed by atoms with Gasteiger partial charge < -0.3 is 8.98 Å². The van der Waals surface area contributed by atoms with Gasteiger partial charge in [0.2, 0.25) is 5.95 Å². The van der Waals surface area contributed by atoms with Crippen LogP contribution in [0.5, 0.6) is 0 Å². The lowest BCUT2D eigenvalue weighted by Gasteiger charge is -2.13. The molecule has 0 saturated heterocycles. The van der Waals surface area contributed by atoms with Crippen LogP contribution in [0.25, 0.3) is 122 Å². The number of furan rings is 1. The predicted octanol–water partition coefficient (Wildman–Crippen LogP) is 14.6. The lowest BCUT2D eigenvalue weighted by Crippen LogP contribution is -2.07. The van der Waals surface area contributed by atoms with Gasteiger partial charge in [-0.15, -0.1) is 0 Å². The lowest BCUT2D eigenvalue weighted by molar-refractivity contribution is 0.669. The fraction of sp³-hybridized carbons (Fsp3) is 0. The van der Waals surface area contributed by atoms with Crippen LogP contribution in [0.3, 0.4) is 0 Å². The van der Waals surface area contributed by atoms with Gasteiger partial charge in [-0.05, 0) is 76.9 Å². The quantitative estimate of drug-likeness (QED) is 0.168. The molecule has 0 fully saturated rings. The minimum absolute atomic E-state index is 0.514. The molecule has 0 aliphatic carbocycles. The van der Waals surface area contributed by atoms with Crippen LogP contribution in [-0.4, -0.2) is 24.1 Å². The topological polar surface area (TPSA) is 61.7 Å². The maximum atomic E-state index is 7.00. The van der Waals surface area contributed by atoms with Crippen molar-refractivity contribution in [3.05, 3.63) is 212 Å². The third-order valence-electron chi connectivity index (χ3n) is 12.4. The molecule has 13 aromatic rings. The number of benzene rings is 9. The van der Waals surface area contributed by atoms with E-state index in [1.807, 2.05) is 24.3 Å². The van der Waals surface area contributed by atoms with Gasteiger partial charge in [0, 0.05) is 43.6 Å². The Morgan fingerprint density at radius 1 is 0.317 bits per heavy atom. The fourth-order valence-corrected chi connectivity index (χ4v) is 9.47. The van der Waals surface area contributed by atoms with E-state index < -0.39 is 0 Å². The van der Waals surface area contributed by atoms with Crippen molar-refractivity contribution >= 4 is 65.6 Å². The molecule has 0 saturated carbocycles. The van der Waals surface area contributed by atoms with Gasteiger partial charge >= 0.3 is 0 Å². The van der Waals surface area contributed by atoms with Gasteiger partial charge in [0.1, 0.15) is 11.2 Å². The average Bonchev–Trinajstić information content (AvgIpc) is 4.01. The Morgan fingerprint density at radius 2 is 0.825 bits per heavy atom. The van der Waals surface area contributed by atoms with E-state index in [4.69, 9.17) is 19.4 Å². The van der Waals surface area contributed by atoms with Crippen molar-refractivity contribution in [3.63, 3.8) is 0 Å². The van der Waals surface area contributed by atoms with Gasteiger partial charge in [0.25, 0.3) is 0 Å². The zero-order chi connectivity index (χ0) is 41.4. The highest BCUT2D eigenvalue weighted by Crippen LogP contribution is 2.42. The highest BCUT2D eigenvalue weighted by atomic mass is 16.3. The first-order valence-electron chi connectivity index (χ1n) is 21.2. The van der Waals surface area contributed by atoms with E-state index in [1.165, 1.54) is 16.3 Å². The highest BCUT2D eigenvalue weighted by Gasteiger charge is 2.23. The number of hydrogen-bond donors (Lipinski definition) is 0. The van der Waals surface area contributed by atoms with Gasteiger partial charge in [-0.1, -0.05) is 158 Å². The van der Waals surface area contributed by atoms with E-state index in [1.54, 1.807) is 0 Å². The van der Waals surface area contributed by atoms with Crippen molar-refractivity contribution < 1.29 is 4.42 Å². The molecule has 0 N–H and O–H groups in total. The SMILES string of the molecule is c1ccc(-c2ccc3c(c2)oc2c(-c4nc(-c5ccccc5)nc(-n5c6ccccc6c6cc(-c7ccccc7)ccc65)n4)cc(-n4c5ccccc5c5ccccc54)cc23)cc1. The number of hydrogen-bond acceptors (Lipinski definition) is 4. The van der Waals surface area contributed by atoms with Gasteiger partial charge in [0.15, 0.2) is 11.6 Å². The van der Waals surface area contributed by atoms with E-state index in [9.17, 15) is 0 Å². The highest BCUT2D eigenvalue weighted by molar-refractivity contribution is 6.14. The smallest absolute Gasteiger partial charge is 0.238 e. The van der Waals surface area contributed by atoms with E-state index in [0.29, 0.717) is 23.2 Å². The second kappa shape index (κ2) is 14.0. The number of aromatic nitrogens is 5. The zero-order valence-electron chi connectivity index (χ0n) is 33.9. The molecule has 6 heteroatoms. The van der Waals surface area contributed by atoms with Crippen molar-refractivity contribution in [3.8, 4) is 56.7 Å². The molecule has 0 radical (unpaired) electrons. The summed E-state index contributed by atoms with van der Waals surface area (Å²) in [5, 5.41) is 6.62. The Morgan fingerprint density at radius 3 is 1.48 bits per heavy atom. The van der Waals surface area contributed by atoms with Crippen LogP contribution in [0, 0.1) is 0 Å². The molecular formula is C57H35N5O. The van der Waals surface area contributed by atoms with Crippen LogP contribution in [0.4, 0.5) is 0 Å². The molecule has 0 bridgehead atoms. The molecule has 0 aliphatic heterocycles. The second-order valence-electron chi connectivity index (χ2n) is 16.0. The van der Waals surface area contributed by atoms with Gasteiger partial charge in [-0.2, -0.15) is 9.97 Å². The summed E-state index contributed by atoms with van der Waals surface area (Å²) in [7, 11) is 0. The molecule has 9 aromatic carbocycles. The first-order chi connectivity index (χ1) is 31.2. The summed E-state index contributed by atoms with van der Waals surface area (Å²) in [6.07, 6.45) is 0. The first-order valence-corrected chi connectivity index (χ1v) is 21.2. The van der Waals surface area contributed by atoms with E-state index >= 15 is 0 Å². The average molecular weight is 806 g/mol. The van der Waals surface area contributed by atoms with Crippen LogP contribution in [-0.2, 0) is 0 Å². The Kier molecular flexibility index (Phi) is 7.80. The van der Waals surface area contributed by atoms with Crippen molar-refractivity contribution in [1.29, 1.82) is 0 Å². The normalized spacial score (nSPS) is 11.8. The Balaban J connectivity index is 1.12. The third kappa shape index (κ3) is 5.62. The molecule has 0 atom stereocenters. The minimum atomic E-state index is 0.514. The molecule has 6 nitrogen and oxygen atoms in total. The summed E-state index contributed by atoms with van der Waals surface area (Å²) in [6, 6.07) is 74.4. The standard InChI is InChI=1S/C57H35N5O/c1-4-16-36(17-5-1)39-29-31-52-46(32-39)44-24-12-15-27-51(44)62(52)57-59-55(38-20-8-3-9-21-38)58-56(60-57)48-35-41(61-49-25-13-10-22-42(49)43-23-11-14-26-50(43)61)34-47-45-30-28-40(33-53(45)63-54(47)48)37-18-6-2-7-19-37/h1-35H. The van der Waals surface area contributed by atoms with Crippen molar-refractivity contribution in [2.75, 3.05) is 0 Å². The first kappa shape index (κ1) is 35.2. The predicted molar refractivity (Wildman–Crippen MR) is 258 cm³/mol. The molecule has 4 heterocycles. The summed E-state index contributed by atoms with van der Waals surface area (Å²) >= 11 is 0. The fourth-order valence-electron chi connectivity index (χ4n) is 9.47. The van der Waals surface area contributed by atoms with Crippen molar-refractivity contribution in [2.24, 2.45) is 0 Å². The maximum absolute atomic E-state index is 7.00. The maximum Gasteiger partial charge on any atom is 0.238 e. The van der Waals surface area contributed by atoms with Crippen LogP contribution >= 0.6 is 0 Å². The van der Waals surface area contributed by atoms with Crippen LogP contribution in [0.15, 0.2) is 217 Å². The number of nitrogens with zero attached hydrogens (tertiary/aromatic N) is 5. The second-order valence-corrected chi connectivity index (χ2v) is 16.0. The molecule has 63 heavy (non-hydrogen) atoms. The Labute approximate surface area is 361 Å². The Hall–Kier alpha value is -8.61. The number of fused-ring (bicyclic) bond motifs is 9. The molecule has 0 aliphatic rings. The Bertz CT molecular complexity index is 3850. The summed E-state index contributed by atoms with van der Waals surface area (Å²) in [5.74, 6) is 1.61. The summed E-state index contributed by atoms with van der Waals surface area (Å²) in [4.78, 5) is 16.1. The van der Waals surface area contributed by atoms with Gasteiger partial charge in [-0.3, -0.25) is 4.57 Å². The largest absolute Gasteiger partial charge is 0.455 e. The molecule has 4 aromatic heterocycles. The third-order valence-corrected chi connectivity index (χ3v) is 12.4. The van der Waals surface area contributed by atoms with E-state index in [-0.39, 0.29) is 0 Å². The minimum Gasteiger partial charge on any atom is -0.455 e. The molecule has 0 unspecified atom stereocenters. The van der Waals surface area contributed by atoms with Crippen LogP contribution in [0.2, 0.25) is 0 Å². The van der Waals surface area contributed by atoms with Crippen LogP contribution < -0.4 is 0 Å². The molecule has 294 valence electrons. The molecule has 0 amide bonds. The zero-order valence-corrected chi connectivity index (χ0v) is 33.9. The van der Waals surface area contributed by atoms with E-state index in [2.05, 4.69) is 197 Å². The van der Waals surface area contributed by atoms with Gasteiger partial charge in [0.05, 0.1) is 27.6 Å². The summed E-state index contributed by atoms with van der Waals surface area (Å²) in [5.41, 5.74) is 12.9. The van der Waals surface area contributed by atoms with Crippen molar-refractivity contribution in [1.82, 2.24) is 24.1 Å². The van der Waals surface area contributed by atoms with Crippen molar-refractivity contribution in [2.45, 2.75) is 0 Å². The summed E-state index contributed by atoms with van der Waals surface area (Å²) < 4.78 is 11.5. The number of para-hydroxylation sites is 3. The summed E-state index contributed by atoms with van der Waals surface area (Å²) in [6.45, 7) is 0. The van der Waals surface area contributed by atoms with Gasteiger partial charge in [-0.25, -0.2) is 4.98 Å².